The second kappa shape index (κ2) is 6.04. The van der Waals surface area contributed by atoms with Crippen LogP contribution in [0.3, 0.4) is 0 Å². The zero-order valence-electron chi connectivity index (χ0n) is 12.2. The number of nitrogens with one attached hydrogen (secondary N) is 1. The van der Waals surface area contributed by atoms with E-state index in [9.17, 15) is 0 Å². The molecule has 1 fully saturated rings. The highest BCUT2D eigenvalue weighted by molar-refractivity contribution is 5.39. The molecule has 106 valence electrons. The van der Waals surface area contributed by atoms with Crippen LogP contribution in [0.25, 0.3) is 0 Å². The third kappa shape index (κ3) is 3.45. The number of aromatic nitrogens is 3. The van der Waals surface area contributed by atoms with Gasteiger partial charge in [0.1, 0.15) is 0 Å². The van der Waals surface area contributed by atoms with Crippen LogP contribution >= 0.6 is 0 Å². The fourth-order valence-corrected chi connectivity index (χ4v) is 2.21. The lowest BCUT2D eigenvalue weighted by atomic mass is 10.1. The van der Waals surface area contributed by atoms with E-state index >= 15 is 0 Å². The van der Waals surface area contributed by atoms with Crippen molar-refractivity contribution in [1.82, 2.24) is 15.0 Å². The summed E-state index contributed by atoms with van der Waals surface area (Å²) in [5.74, 6) is 2.01. The van der Waals surface area contributed by atoms with Gasteiger partial charge in [-0.1, -0.05) is 13.3 Å². The minimum Gasteiger partial charge on any atom is -0.461 e. The molecule has 0 spiro atoms. The molecule has 0 bridgehead atoms. The lowest BCUT2D eigenvalue weighted by Crippen LogP contribution is -2.23. The number of hydrogen-bond acceptors (Lipinski definition) is 6. The molecule has 6 heteroatoms. The van der Waals surface area contributed by atoms with Crippen LogP contribution in [0.2, 0.25) is 0 Å². The Balaban J connectivity index is 2.19. The second-order valence-electron chi connectivity index (χ2n) is 5.17. The molecule has 1 unspecified atom stereocenters. The minimum absolute atomic E-state index is 0.0573. The van der Waals surface area contributed by atoms with Crippen molar-refractivity contribution >= 4 is 11.9 Å². The molecule has 0 amide bonds. The van der Waals surface area contributed by atoms with Crippen LogP contribution in [-0.2, 0) is 0 Å². The van der Waals surface area contributed by atoms with E-state index in [2.05, 4.69) is 32.1 Å². The van der Waals surface area contributed by atoms with Gasteiger partial charge >= 0.3 is 6.01 Å². The summed E-state index contributed by atoms with van der Waals surface area (Å²) < 4.78 is 5.58. The predicted molar refractivity (Wildman–Crippen MR) is 75.7 cm³/mol. The van der Waals surface area contributed by atoms with Gasteiger partial charge in [-0.25, -0.2) is 0 Å². The normalized spacial score (nSPS) is 19.0. The third-order valence-electron chi connectivity index (χ3n) is 3.31. The van der Waals surface area contributed by atoms with E-state index in [4.69, 9.17) is 4.74 Å². The Bertz CT molecular complexity index is 423. The van der Waals surface area contributed by atoms with Crippen LogP contribution in [0.5, 0.6) is 6.01 Å². The topological polar surface area (TPSA) is 63.2 Å². The van der Waals surface area contributed by atoms with E-state index in [1.54, 1.807) is 7.05 Å². The fourth-order valence-electron chi connectivity index (χ4n) is 2.21. The summed E-state index contributed by atoms with van der Waals surface area (Å²) in [6.07, 6.45) is 2.47. The molecule has 1 N–H and O–H groups in total. The lowest BCUT2D eigenvalue weighted by Gasteiger charge is -2.18. The molecule has 1 saturated heterocycles. The zero-order valence-corrected chi connectivity index (χ0v) is 12.2. The molecule has 0 radical (unpaired) electrons. The molecule has 1 aromatic heterocycles. The summed E-state index contributed by atoms with van der Waals surface area (Å²) in [5, 5.41) is 2.96. The highest BCUT2D eigenvalue weighted by Crippen LogP contribution is 2.24. The van der Waals surface area contributed by atoms with Gasteiger partial charge in [-0.15, -0.1) is 0 Å². The summed E-state index contributed by atoms with van der Waals surface area (Å²) in [7, 11) is 1.80. The van der Waals surface area contributed by atoms with Gasteiger partial charge in [-0.3, -0.25) is 0 Å². The van der Waals surface area contributed by atoms with E-state index in [1.165, 1.54) is 12.8 Å². The number of nitrogens with zero attached hydrogens (tertiary/aromatic N) is 4. The Morgan fingerprint density at radius 1 is 1.37 bits per heavy atom. The molecule has 1 atom stereocenters. The van der Waals surface area contributed by atoms with Gasteiger partial charge in [0.25, 0.3) is 0 Å². The zero-order chi connectivity index (χ0) is 13.8. The molecule has 0 aliphatic carbocycles. The molecular formula is C13H23N5O. The maximum absolute atomic E-state index is 5.58. The summed E-state index contributed by atoms with van der Waals surface area (Å²) >= 11 is 0. The van der Waals surface area contributed by atoms with Crippen molar-refractivity contribution in [3.8, 4) is 6.01 Å². The molecular weight excluding hydrogens is 242 g/mol. The van der Waals surface area contributed by atoms with Gasteiger partial charge in [0.15, 0.2) is 0 Å². The van der Waals surface area contributed by atoms with Gasteiger partial charge in [0.2, 0.25) is 11.9 Å². The first-order valence-electron chi connectivity index (χ1n) is 6.97. The molecule has 0 saturated carbocycles. The van der Waals surface area contributed by atoms with Crippen LogP contribution in [0.4, 0.5) is 11.9 Å². The smallest absolute Gasteiger partial charge is 0.323 e. The summed E-state index contributed by atoms with van der Waals surface area (Å²) in [5.41, 5.74) is 0. The quantitative estimate of drug-likeness (QED) is 0.877. The Morgan fingerprint density at radius 3 is 2.74 bits per heavy atom. The summed E-state index contributed by atoms with van der Waals surface area (Å²) in [6.45, 7) is 8.18. The Hall–Kier alpha value is -1.59. The van der Waals surface area contributed by atoms with Gasteiger partial charge in [0.05, 0.1) is 6.10 Å². The molecule has 1 aromatic rings. The first-order chi connectivity index (χ1) is 9.12. The van der Waals surface area contributed by atoms with Crippen molar-refractivity contribution in [2.75, 3.05) is 30.4 Å². The molecule has 0 aromatic carbocycles. The van der Waals surface area contributed by atoms with Crippen molar-refractivity contribution in [2.45, 2.75) is 39.7 Å². The van der Waals surface area contributed by atoms with E-state index in [0.717, 1.165) is 19.0 Å². The van der Waals surface area contributed by atoms with Crippen LogP contribution in [0, 0.1) is 5.92 Å². The molecule has 19 heavy (non-hydrogen) atoms. The van der Waals surface area contributed by atoms with Gasteiger partial charge in [0, 0.05) is 20.1 Å². The van der Waals surface area contributed by atoms with Crippen molar-refractivity contribution < 1.29 is 4.74 Å². The lowest BCUT2D eigenvalue weighted by molar-refractivity contribution is 0.222. The number of rotatable bonds is 5. The van der Waals surface area contributed by atoms with Crippen molar-refractivity contribution in [1.29, 1.82) is 0 Å². The van der Waals surface area contributed by atoms with Gasteiger partial charge in [-0.2, -0.15) is 15.0 Å². The molecule has 6 nitrogen and oxygen atoms in total. The number of ether oxygens (including phenoxy) is 1. The number of anilines is 2. The van der Waals surface area contributed by atoms with Crippen LogP contribution in [0.15, 0.2) is 0 Å². The standard InChI is InChI=1S/C13H23N5O/c1-5-10-6-7-18(8-10)12-15-11(14-4)16-13(17-12)19-9(2)3/h9-10H,5-8H2,1-4H3,(H,14,15,16,17). The molecule has 2 heterocycles. The highest BCUT2D eigenvalue weighted by Gasteiger charge is 2.24. The van der Waals surface area contributed by atoms with Crippen LogP contribution in [-0.4, -0.2) is 41.2 Å². The first-order valence-corrected chi connectivity index (χ1v) is 6.97. The van der Waals surface area contributed by atoms with E-state index < -0.39 is 0 Å². The average Bonchev–Trinajstić information content (AvgIpc) is 2.86. The van der Waals surface area contributed by atoms with Gasteiger partial charge in [-0.05, 0) is 26.2 Å². The SMILES string of the molecule is CCC1CCN(c2nc(NC)nc(OC(C)C)n2)C1. The Kier molecular flexibility index (Phi) is 4.39. The van der Waals surface area contributed by atoms with E-state index in [0.29, 0.717) is 17.9 Å². The molecule has 2 rings (SSSR count). The predicted octanol–water partition coefficient (Wildman–Crippen LogP) is 1.94. The van der Waals surface area contributed by atoms with Crippen molar-refractivity contribution in [3.05, 3.63) is 0 Å². The van der Waals surface area contributed by atoms with Crippen molar-refractivity contribution in [3.63, 3.8) is 0 Å². The maximum atomic E-state index is 5.58. The fraction of sp³-hybridized carbons (Fsp3) is 0.769. The summed E-state index contributed by atoms with van der Waals surface area (Å²) in [6, 6.07) is 0.393. The van der Waals surface area contributed by atoms with Crippen molar-refractivity contribution in [2.24, 2.45) is 5.92 Å². The average molecular weight is 265 g/mol. The third-order valence-corrected chi connectivity index (χ3v) is 3.31. The maximum Gasteiger partial charge on any atom is 0.323 e. The Morgan fingerprint density at radius 2 is 2.16 bits per heavy atom. The van der Waals surface area contributed by atoms with E-state index in [1.807, 2.05) is 13.8 Å². The minimum atomic E-state index is 0.0573. The summed E-state index contributed by atoms with van der Waals surface area (Å²) in [4.78, 5) is 15.3. The molecule has 1 aliphatic heterocycles. The van der Waals surface area contributed by atoms with E-state index in [-0.39, 0.29) is 6.10 Å². The molecule has 1 aliphatic rings. The largest absolute Gasteiger partial charge is 0.461 e. The Labute approximate surface area is 114 Å². The second-order valence-corrected chi connectivity index (χ2v) is 5.17. The number of hydrogen-bond donors (Lipinski definition) is 1. The monoisotopic (exact) mass is 265 g/mol. The van der Waals surface area contributed by atoms with Gasteiger partial charge < -0.3 is 15.0 Å². The first kappa shape index (κ1) is 13.8. The van der Waals surface area contributed by atoms with Crippen LogP contribution < -0.4 is 15.0 Å². The highest BCUT2D eigenvalue weighted by atomic mass is 16.5. The van der Waals surface area contributed by atoms with Crippen LogP contribution in [0.1, 0.15) is 33.6 Å².